The third kappa shape index (κ3) is 4.81. The topological polar surface area (TPSA) is 94.4 Å². The van der Waals surface area contributed by atoms with Gasteiger partial charge in [-0.25, -0.2) is 8.42 Å². The molecule has 32 heavy (non-hydrogen) atoms. The fourth-order valence-electron chi connectivity index (χ4n) is 3.63. The van der Waals surface area contributed by atoms with Crippen molar-refractivity contribution in [3.05, 3.63) is 54.6 Å². The molecule has 1 aliphatic rings. The van der Waals surface area contributed by atoms with Gasteiger partial charge in [-0.05, 0) is 30.7 Å². The van der Waals surface area contributed by atoms with Crippen LogP contribution in [0, 0.1) is 0 Å². The second-order valence-corrected chi connectivity index (χ2v) is 10.7. The van der Waals surface area contributed by atoms with Crippen molar-refractivity contribution in [3.8, 4) is 22.8 Å². The van der Waals surface area contributed by atoms with Crippen LogP contribution in [0.5, 0.6) is 5.75 Å². The van der Waals surface area contributed by atoms with Crippen LogP contribution in [0.15, 0.2) is 59.8 Å². The second kappa shape index (κ2) is 9.33. The molecule has 1 atom stereocenters. The lowest BCUT2D eigenvalue weighted by atomic mass is 10.2. The number of hydrogen-bond donors (Lipinski definition) is 0. The molecule has 168 valence electrons. The first-order valence-corrected chi connectivity index (χ1v) is 12.9. The number of methoxy groups -OCH3 is 1. The van der Waals surface area contributed by atoms with E-state index >= 15 is 0 Å². The van der Waals surface area contributed by atoms with E-state index in [2.05, 4.69) is 10.2 Å². The summed E-state index contributed by atoms with van der Waals surface area (Å²) in [5.41, 5.74) is 1.72. The summed E-state index contributed by atoms with van der Waals surface area (Å²) in [6.07, 6.45) is 0.482. The molecular weight excluding hydrogens is 448 g/mol. The average molecular weight is 473 g/mol. The van der Waals surface area contributed by atoms with Gasteiger partial charge in [-0.3, -0.25) is 9.36 Å². The Morgan fingerprint density at radius 2 is 1.97 bits per heavy atom. The molecule has 0 aliphatic carbocycles. The van der Waals surface area contributed by atoms with Crippen LogP contribution in [0.2, 0.25) is 0 Å². The van der Waals surface area contributed by atoms with Crippen molar-refractivity contribution in [2.75, 3.05) is 31.4 Å². The van der Waals surface area contributed by atoms with Crippen LogP contribution in [0.1, 0.15) is 6.42 Å². The molecule has 1 aliphatic heterocycles. The van der Waals surface area contributed by atoms with Gasteiger partial charge in [0.25, 0.3) is 0 Å². The quantitative estimate of drug-likeness (QED) is 0.488. The number of para-hydroxylation sites is 1. The highest BCUT2D eigenvalue weighted by Crippen LogP contribution is 2.30. The Morgan fingerprint density at radius 1 is 1.19 bits per heavy atom. The van der Waals surface area contributed by atoms with E-state index in [1.807, 2.05) is 59.2 Å². The molecule has 0 spiro atoms. The molecule has 4 rings (SSSR count). The van der Waals surface area contributed by atoms with Gasteiger partial charge in [-0.15, -0.1) is 10.2 Å². The van der Waals surface area contributed by atoms with Crippen LogP contribution in [-0.2, 0) is 14.6 Å². The Kier molecular flexibility index (Phi) is 6.52. The Labute approximate surface area is 191 Å². The number of carbonyl (C=O) groups excluding carboxylic acids is 1. The van der Waals surface area contributed by atoms with Crippen molar-refractivity contribution in [3.63, 3.8) is 0 Å². The van der Waals surface area contributed by atoms with E-state index < -0.39 is 9.84 Å². The Balaban J connectivity index is 1.59. The minimum Gasteiger partial charge on any atom is -0.497 e. The summed E-state index contributed by atoms with van der Waals surface area (Å²) < 4.78 is 30.8. The van der Waals surface area contributed by atoms with Crippen LogP contribution in [0.3, 0.4) is 0 Å². The first-order valence-electron chi connectivity index (χ1n) is 10.1. The molecular formula is C22H24N4O4S2. The monoisotopic (exact) mass is 472 g/mol. The summed E-state index contributed by atoms with van der Waals surface area (Å²) in [5, 5.41) is 9.31. The number of thioether (sulfide) groups is 1. The molecule has 0 unspecified atom stereocenters. The zero-order valence-corrected chi connectivity index (χ0v) is 19.5. The second-order valence-electron chi connectivity index (χ2n) is 7.56. The molecule has 0 N–H and O–H groups in total. The first-order chi connectivity index (χ1) is 15.4. The minimum absolute atomic E-state index is 0.0279. The van der Waals surface area contributed by atoms with E-state index in [9.17, 15) is 13.2 Å². The molecule has 8 nitrogen and oxygen atoms in total. The van der Waals surface area contributed by atoms with Crippen LogP contribution < -0.4 is 4.74 Å². The van der Waals surface area contributed by atoms with Crippen LogP contribution >= 0.6 is 11.8 Å². The third-order valence-electron chi connectivity index (χ3n) is 5.45. The maximum Gasteiger partial charge on any atom is 0.233 e. The van der Waals surface area contributed by atoms with Crippen LogP contribution in [-0.4, -0.2) is 71.4 Å². The number of benzene rings is 2. The fraction of sp³-hybridized carbons (Fsp3) is 0.318. The number of ether oxygens (including phenoxy) is 1. The zero-order valence-electron chi connectivity index (χ0n) is 17.8. The summed E-state index contributed by atoms with van der Waals surface area (Å²) in [6, 6.07) is 17.0. The Bertz CT molecular complexity index is 1210. The standard InChI is InChI=1S/C22H24N4O4S2/c1-25(18-11-12-32(28,29)15-18)20(27)14-31-22-24-23-21(16-7-6-10-19(13-16)30-2)26(22)17-8-4-3-5-9-17/h3-10,13,18H,11-12,14-15H2,1-2H3/t18-/m1/s1. The van der Waals surface area contributed by atoms with E-state index in [1.54, 1.807) is 19.1 Å². The number of aromatic nitrogens is 3. The van der Waals surface area contributed by atoms with E-state index in [0.29, 0.717) is 23.2 Å². The summed E-state index contributed by atoms with van der Waals surface area (Å²) in [7, 11) is 0.221. The average Bonchev–Trinajstić information content (AvgIpc) is 3.40. The lowest BCUT2D eigenvalue weighted by molar-refractivity contribution is -0.128. The molecule has 2 heterocycles. The molecule has 0 bridgehead atoms. The summed E-state index contributed by atoms with van der Waals surface area (Å²) in [4.78, 5) is 14.3. The van der Waals surface area contributed by atoms with Gasteiger partial charge in [-0.2, -0.15) is 0 Å². The van der Waals surface area contributed by atoms with Gasteiger partial charge in [0.15, 0.2) is 20.8 Å². The number of nitrogens with zero attached hydrogens (tertiary/aromatic N) is 4. The van der Waals surface area contributed by atoms with Crippen molar-refractivity contribution in [2.24, 2.45) is 0 Å². The molecule has 1 amide bonds. The van der Waals surface area contributed by atoms with Gasteiger partial charge in [0.05, 0.1) is 24.4 Å². The molecule has 1 saturated heterocycles. The number of hydrogen-bond acceptors (Lipinski definition) is 7. The number of sulfone groups is 1. The van der Waals surface area contributed by atoms with E-state index in [1.165, 1.54) is 11.8 Å². The summed E-state index contributed by atoms with van der Waals surface area (Å²) >= 11 is 1.28. The van der Waals surface area contributed by atoms with Gasteiger partial charge < -0.3 is 9.64 Å². The largest absolute Gasteiger partial charge is 0.497 e. The lowest BCUT2D eigenvalue weighted by Crippen LogP contribution is -2.38. The minimum atomic E-state index is -3.05. The predicted octanol–water partition coefficient (Wildman–Crippen LogP) is 2.68. The molecule has 3 aromatic rings. The Morgan fingerprint density at radius 3 is 2.66 bits per heavy atom. The van der Waals surface area contributed by atoms with Crippen molar-refractivity contribution < 1.29 is 17.9 Å². The molecule has 10 heteroatoms. The third-order valence-corrected chi connectivity index (χ3v) is 8.11. The summed E-state index contributed by atoms with van der Waals surface area (Å²) in [6.45, 7) is 0. The normalized spacial score (nSPS) is 17.2. The van der Waals surface area contributed by atoms with Crippen molar-refractivity contribution in [2.45, 2.75) is 17.6 Å². The SMILES string of the molecule is COc1cccc(-c2nnc(SCC(=O)N(C)[C@@H]3CCS(=O)(=O)C3)n2-c2ccccc2)c1. The fourth-order valence-corrected chi connectivity index (χ4v) is 6.29. The van der Waals surface area contributed by atoms with E-state index in [0.717, 1.165) is 11.3 Å². The van der Waals surface area contributed by atoms with Crippen molar-refractivity contribution in [1.82, 2.24) is 19.7 Å². The van der Waals surface area contributed by atoms with Gasteiger partial charge in [0, 0.05) is 24.3 Å². The maximum absolute atomic E-state index is 12.8. The zero-order chi connectivity index (χ0) is 22.7. The van der Waals surface area contributed by atoms with Crippen molar-refractivity contribution >= 4 is 27.5 Å². The first kappa shape index (κ1) is 22.3. The smallest absolute Gasteiger partial charge is 0.233 e. The van der Waals surface area contributed by atoms with Crippen LogP contribution in [0.4, 0.5) is 0 Å². The van der Waals surface area contributed by atoms with Gasteiger partial charge in [-0.1, -0.05) is 42.1 Å². The highest BCUT2D eigenvalue weighted by Gasteiger charge is 2.32. The molecule has 0 saturated carbocycles. The van der Waals surface area contributed by atoms with Crippen LogP contribution in [0.25, 0.3) is 17.1 Å². The molecule has 1 aromatic heterocycles. The van der Waals surface area contributed by atoms with Crippen molar-refractivity contribution in [1.29, 1.82) is 0 Å². The molecule has 2 aromatic carbocycles. The highest BCUT2D eigenvalue weighted by molar-refractivity contribution is 7.99. The maximum atomic E-state index is 12.8. The van der Waals surface area contributed by atoms with Gasteiger partial charge in [0.2, 0.25) is 5.91 Å². The number of rotatable bonds is 7. The molecule has 1 fully saturated rings. The lowest BCUT2D eigenvalue weighted by Gasteiger charge is -2.23. The highest BCUT2D eigenvalue weighted by atomic mass is 32.2. The number of amides is 1. The van der Waals surface area contributed by atoms with Gasteiger partial charge in [0.1, 0.15) is 5.75 Å². The Hall–Kier alpha value is -2.85. The molecule has 0 radical (unpaired) electrons. The predicted molar refractivity (Wildman–Crippen MR) is 124 cm³/mol. The van der Waals surface area contributed by atoms with Gasteiger partial charge >= 0.3 is 0 Å². The summed E-state index contributed by atoms with van der Waals surface area (Å²) in [5.74, 6) is 1.51. The number of carbonyl (C=O) groups is 1. The van der Waals surface area contributed by atoms with E-state index in [-0.39, 0.29) is 29.2 Å². The van der Waals surface area contributed by atoms with E-state index in [4.69, 9.17) is 4.74 Å².